The molecule has 0 aliphatic carbocycles. The Morgan fingerprint density at radius 3 is 1.08 bits per heavy atom. The molecule has 0 radical (unpaired) electrons. The normalized spacial score (nSPS) is 12.5. The molecule has 1 atom stereocenters. The lowest BCUT2D eigenvalue weighted by molar-refractivity contribution is -0.132. The average Bonchev–Trinajstić information content (AvgIpc) is 3.12. The third-order valence-corrected chi connectivity index (χ3v) is 11.2. The quantitative estimate of drug-likeness (QED) is 0.0615. The second kappa shape index (κ2) is 39.1. The number of nitrogens with zero attached hydrogens (tertiary/aromatic N) is 1. The molecule has 0 heterocycles. The molecule has 51 heavy (non-hydrogen) atoms. The van der Waals surface area contributed by atoms with E-state index < -0.39 is 11.7 Å². The van der Waals surface area contributed by atoms with Crippen LogP contribution in [0.25, 0.3) is 0 Å². The van der Waals surface area contributed by atoms with E-state index in [9.17, 15) is 15.0 Å². The maximum atomic E-state index is 13.3. The molecule has 0 spiro atoms. The van der Waals surface area contributed by atoms with Gasteiger partial charge in [-0.25, -0.2) is 0 Å². The minimum atomic E-state index is -0.894. The molecule has 0 saturated heterocycles. The highest BCUT2D eigenvalue weighted by atomic mass is 16.5. The Morgan fingerprint density at radius 2 is 0.784 bits per heavy atom. The van der Waals surface area contributed by atoms with Crippen molar-refractivity contribution in [3.63, 3.8) is 0 Å². The molecule has 1 unspecified atom stereocenters. The van der Waals surface area contributed by atoms with Crippen LogP contribution in [-0.4, -0.2) is 59.0 Å². The van der Waals surface area contributed by atoms with Gasteiger partial charge in [-0.05, 0) is 39.5 Å². The third kappa shape index (κ3) is 34.8. The van der Waals surface area contributed by atoms with E-state index >= 15 is 0 Å². The van der Waals surface area contributed by atoms with E-state index in [1.54, 1.807) is 13.8 Å². The van der Waals surface area contributed by atoms with Crippen LogP contribution in [0.5, 0.6) is 0 Å². The van der Waals surface area contributed by atoms with Crippen molar-refractivity contribution in [3.8, 4) is 0 Å². The van der Waals surface area contributed by atoms with Gasteiger partial charge in [0.15, 0.2) is 0 Å². The lowest BCUT2D eigenvalue weighted by Gasteiger charge is -2.29. The zero-order valence-electron chi connectivity index (χ0n) is 35.3. The van der Waals surface area contributed by atoms with Crippen molar-refractivity contribution in [2.45, 2.75) is 264 Å². The van der Waals surface area contributed by atoms with Gasteiger partial charge >= 0.3 is 0 Å². The molecule has 0 saturated carbocycles. The molecule has 0 aromatic carbocycles. The van der Waals surface area contributed by atoms with E-state index in [4.69, 9.17) is 4.74 Å². The van der Waals surface area contributed by atoms with Gasteiger partial charge in [0.05, 0.1) is 12.2 Å². The van der Waals surface area contributed by atoms with Crippen LogP contribution in [0.3, 0.4) is 0 Å². The number of hydrogen-bond acceptors (Lipinski definition) is 4. The van der Waals surface area contributed by atoms with Crippen LogP contribution >= 0.6 is 0 Å². The molecule has 0 bridgehead atoms. The van der Waals surface area contributed by atoms with Crippen LogP contribution in [0.4, 0.5) is 0 Å². The number of amides is 1. The van der Waals surface area contributed by atoms with Crippen LogP contribution < -0.4 is 0 Å². The topological polar surface area (TPSA) is 70.0 Å². The molecule has 0 fully saturated rings. The fourth-order valence-corrected chi connectivity index (χ4v) is 7.25. The molecule has 2 N–H and O–H groups in total. The number of aliphatic hydroxyl groups excluding tert-OH is 2. The van der Waals surface area contributed by atoms with Crippen molar-refractivity contribution in [2.24, 2.45) is 0 Å². The maximum absolute atomic E-state index is 13.3. The summed E-state index contributed by atoms with van der Waals surface area (Å²) in [5.74, 6) is 0.298. The van der Waals surface area contributed by atoms with E-state index in [0.29, 0.717) is 18.9 Å². The van der Waals surface area contributed by atoms with Crippen LogP contribution in [0.2, 0.25) is 0 Å². The van der Waals surface area contributed by atoms with Gasteiger partial charge in [0, 0.05) is 26.1 Å². The van der Waals surface area contributed by atoms with Gasteiger partial charge in [-0.15, -0.1) is 0 Å². The summed E-state index contributed by atoms with van der Waals surface area (Å²) in [6.45, 7) is 10.2. The van der Waals surface area contributed by atoms with Crippen LogP contribution in [0.15, 0.2) is 0 Å². The molecular formula is C46H93NO4. The summed E-state index contributed by atoms with van der Waals surface area (Å²) in [5, 5.41) is 19.2. The molecule has 0 aromatic rings. The van der Waals surface area contributed by atoms with Crippen LogP contribution in [0.1, 0.15) is 252 Å². The number of rotatable bonds is 42. The predicted octanol–water partition coefficient (Wildman–Crippen LogP) is 13.7. The second-order valence-corrected chi connectivity index (χ2v) is 16.6. The van der Waals surface area contributed by atoms with Gasteiger partial charge in [-0.3, -0.25) is 4.79 Å². The Kier molecular flexibility index (Phi) is 38.6. The van der Waals surface area contributed by atoms with Gasteiger partial charge in [-0.2, -0.15) is 0 Å². The van der Waals surface area contributed by atoms with Crippen molar-refractivity contribution in [2.75, 3.05) is 26.3 Å². The number of unbranched alkanes of at least 4 members (excludes halogenated alkanes) is 31. The molecule has 0 aliphatic rings. The lowest BCUT2D eigenvalue weighted by Crippen LogP contribution is -2.41. The second-order valence-electron chi connectivity index (χ2n) is 16.6. The summed E-state index contributed by atoms with van der Waals surface area (Å²) in [7, 11) is 0. The Hall–Kier alpha value is -0.650. The lowest BCUT2D eigenvalue weighted by atomic mass is 10.0. The number of hydrogen-bond donors (Lipinski definition) is 2. The van der Waals surface area contributed by atoms with Crippen LogP contribution in [-0.2, 0) is 9.53 Å². The highest BCUT2D eigenvalue weighted by Gasteiger charge is 2.27. The SMILES string of the molecule is CCCCCCCCCCCCCCCCCCN(CCCCCCCCCCCCCCCCCC)C(=O)CCCCOC(C)(C)C(O)CO. The maximum Gasteiger partial charge on any atom is 0.222 e. The van der Waals surface area contributed by atoms with Crippen molar-refractivity contribution in [3.05, 3.63) is 0 Å². The fourth-order valence-electron chi connectivity index (χ4n) is 7.25. The number of carbonyl (C=O) groups excluding carboxylic acids is 1. The van der Waals surface area contributed by atoms with Crippen LogP contribution in [0, 0.1) is 0 Å². The summed E-state index contributed by atoms with van der Waals surface area (Å²) in [5.41, 5.74) is -0.773. The first-order chi connectivity index (χ1) is 24.9. The van der Waals surface area contributed by atoms with E-state index in [2.05, 4.69) is 18.7 Å². The van der Waals surface area contributed by atoms with Crippen molar-refractivity contribution in [1.82, 2.24) is 4.90 Å². The van der Waals surface area contributed by atoms with Gasteiger partial charge in [0.2, 0.25) is 5.91 Å². The van der Waals surface area contributed by atoms with E-state index in [1.165, 1.54) is 193 Å². The van der Waals surface area contributed by atoms with E-state index in [0.717, 1.165) is 38.8 Å². The highest BCUT2D eigenvalue weighted by molar-refractivity contribution is 5.76. The van der Waals surface area contributed by atoms with Crippen molar-refractivity contribution < 1.29 is 19.7 Å². The minimum Gasteiger partial charge on any atom is -0.394 e. The summed E-state index contributed by atoms with van der Waals surface area (Å²) in [6, 6.07) is 0. The van der Waals surface area contributed by atoms with Crippen molar-refractivity contribution >= 4 is 5.91 Å². The molecule has 5 nitrogen and oxygen atoms in total. The first-order valence-corrected chi connectivity index (χ1v) is 23.1. The van der Waals surface area contributed by atoms with Gasteiger partial charge in [0.1, 0.15) is 6.10 Å². The smallest absolute Gasteiger partial charge is 0.222 e. The molecule has 1 amide bonds. The zero-order chi connectivity index (χ0) is 37.5. The first kappa shape index (κ1) is 50.4. The molecule has 0 rings (SSSR count). The van der Waals surface area contributed by atoms with E-state index in [1.807, 2.05) is 0 Å². The highest BCUT2D eigenvalue weighted by Crippen LogP contribution is 2.18. The van der Waals surface area contributed by atoms with Crippen molar-refractivity contribution in [1.29, 1.82) is 0 Å². The summed E-state index contributed by atoms with van der Waals surface area (Å²) in [4.78, 5) is 15.4. The van der Waals surface area contributed by atoms with E-state index in [-0.39, 0.29) is 6.61 Å². The third-order valence-electron chi connectivity index (χ3n) is 11.2. The molecule has 0 aromatic heterocycles. The minimum absolute atomic E-state index is 0.298. The van der Waals surface area contributed by atoms with Gasteiger partial charge in [0.25, 0.3) is 0 Å². The summed E-state index contributed by atoms with van der Waals surface area (Å²) in [6.07, 6.45) is 45.1. The Bertz CT molecular complexity index is 663. The Balaban J connectivity index is 4.14. The summed E-state index contributed by atoms with van der Waals surface area (Å²) < 4.78 is 5.82. The first-order valence-electron chi connectivity index (χ1n) is 23.1. The number of aliphatic hydroxyl groups is 2. The standard InChI is InChI=1S/C46H93NO4/c1-5-7-9-11-13-15-17-19-21-23-25-27-29-31-33-36-40-47(45(50)39-35-38-42-51-46(3,4)44(49)43-48)41-37-34-32-30-28-26-24-22-20-18-16-14-12-10-8-6-2/h44,48-49H,5-43H2,1-4H3. The molecule has 5 heteroatoms. The number of carbonyl (C=O) groups is 1. The zero-order valence-corrected chi connectivity index (χ0v) is 35.3. The Morgan fingerprint density at radius 1 is 0.490 bits per heavy atom. The number of ether oxygens (including phenoxy) is 1. The molecule has 0 aliphatic heterocycles. The molecule has 306 valence electrons. The van der Waals surface area contributed by atoms with Gasteiger partial charge < -0.3 is 19.8 Å². The fraction of sp³-hybridized carbons (Fsp3) is 0.978. The average molecular weight is 724 g/mol. The van der Waals surface area contributed by atoms with Gasteiger partial charge in [-0.1, -0.05) is 206 Å². The largest absolute Gasteiger partial charge is 0.394 e. The molecular weight excluding hydrogens is 631 g/mol. The Labute approximate surface area is 320 Å². The predicted molar refractivity (Wildman–Crippen MR) is 223 cm³/mol. The summed E-state index contributed by atoms with van der Waals surface area (Å²) >= 11 is 0. The monoisotopic (exact) mass is 724 g/mol.